The summed E-state index contributed by atoms with van der Waals surface area (Å²) in [6.07, 6.45) is 1.58. The average molecular weight is 614 g/mol. The number of rotatable bonds is 8. The number of carbonyl (C=O) groups excluding carboxylic acids is 1. The van der Waals surface area contributed by atoms with Crippen molar-refractivity contribution in [3.63, 3.8) is 0 Å². The van der Waals surface area contributed by atoms with Crippen LogP contribution in [0.4, 0.5) is 0 Å². The summed E-state index contributed by atoms with van der Waals surface area (Å²) in [5.41, 5.74) is 0.795. The Morgan fingerprint density at radius 2 is 1.47 bits per heavy atom. The Kier molecular flexibility index (Phi) is 9.02. The maximum absolute atomic E-state index is 13.8. The summed E-state index contributed by atoms with van der Waals surface area (Å²) in [5, 5.41) is 4.82. The molecular weight excluding hydrogens is 586 g/mol. The SMILES string of the molecule is CC(NC(=O)[C@]1(C)CCCN1S(=O)(=O)c1cc(Cl)cc(Cl)c1)C(Cc1ccc(Cl)cc1)c1ccc(Cl)cc1. The molecule has 3 aromatic carbocycles. The van der Waals surface area contributed by atoms with Crippen LogP contribution in [-0.2, 0) is 21.2 Å². The minimum absolute atomic E-state index is 0.0363. The van der Waals surface area contributed by atoms with Crippen molar-refractivity contribution in [2.75, 3.05) is 6.54 Å². The van der Waals surface area contributed by atoms with Crippen LogP contribution in [0.3, 0.4) is 0 Å². The molecule has 202 valence electrons. The van der Waals surface area contributed by atoms with Gasteiger partial charge in [-0.15, -0.1) is 0 Å². The van der Waals surface area contributed by atoms with Crippen LogP contribution < -0.4 is 5.32 Å². The summed E-state index contributed by atoms with van der Waals surface area (Å²) in [7, 11) is -4.03. The van der Waals surface area contributed by atoms with Crippen LogP contribution in [0.25, 0.3) is 0 Å². The van der Waals surface area contributed by atoms with E-state index in [1.54, 1.807) is 6.92 Å². The largest absolute Gasteiger partial charge is 0.351 e. The number of hydrogen-bond acceptors (Lipinski definition) is 3. The lowest BCUT2D eigenvalue weighted by Gasteiger charge is -2.35. The molecule has 2 unspecified atom stereocenters. The quantitative estimate of drug-likeness (QED) is 0.288. The van der Waals surface area contributed by atoms with Crippen LogP contribution >= 0.6 is 46.4 Å². The minimum atomic E-state index is -4.03. The first-order valence-corrected chi connectivity index (χ1v) is 15.2. The number of hydrogen-bond donors (Lipinski definition) is 1. The van der Waals surface area contributed by atoms with Crippen molar-refractivity contribution >= 4 is 62.3 Å². The molecule has 0 bridgehead atoms. The molecule has 3 atom stereocenters. The van der Waals surface area contributed by atoms with E-state index in [-0.39, 0.29) is 39.4 Å². The van der Waals surface area contributed by atoms with E-state index in [0.717, 1.165) is 11.1 Å². The Morgan fingerprint density at radius 1 is 0.921 bits per heavy atom. The zero-order valence-corrected chi connectivity index (χ0v) is 24.8. The monoisotopic (exact) mass is 612 g/mol. The third kappa shape index (κ3) is 6.33. The molecule has 1 amide bonds. The van der Waals surface area contributed by atoms with Gasteiger partial charge in [0.1, 0.15) is 5.54 Å². The van der Waals surface area contributed by atoms with Crippen LogP contribution in [0.5, 0.6) is 0 Å². The van der Waals surface area contributed by atoms with Gasteiger partial charge in [0.2, 0.25) is 15.9 Å². The van der Waals surface area contributed by atoms with E-state index in [9.17, 15) is 13.2 Å². The predicted molar refractivity (Wildman–Crippen MR) is 155 cm³/mol. The van der Waals surface area contributed by atoms with Crippen molar-refractivity contribution < 1.29 is 13.2 Å². The lowest BCUT2D eigenvalue weighted by atomic mass is 9.86. The van der Waals surface area contributed by atoms with Crippen molar-refractivity contribution in [1.82, 2.24) is 9.62 Å². The van der Waals surface area contributed by atoms with E-state index in [4.69, 9.17) is 46.4 Å². The van der Waals surface area contributed by atoms with Gasteiger partial charge in [-0.3, -0.25) is 4.79 Å². The van der Waals surface area contributed by atoms with Crippen LogP contribution in [-0.4, -0.2) is 36.8 Å². The normalized spacial score (nSPS) is 19.7. The Hall–Kier alpha value is -1.80. The summed E-state index contributed by atoms with van der Waals surface area (Å²) >= 11 is 24.4. The van der Waals surface area contributed by atoms with Crippen molar-refractivity contribution in [2.24, 2.45) is 0 Å². The first-order chi connectivity index (χ1) is 17.9. The summed E-state index contributed by atoms with van der Waals surface area (Å²) < 4.78 is 28.5. The standard InChI is InChI=1S/C28H28Cl4N2O3S/c1-18(26(20-6-10-22(30)11-7-20)14-19-4-8-21(29)9-5-19)33-27(35)28(2)12-3-13-34(28)38(36,37)25-16-23(31)15-24(32)17-25/h4-11,15-18,26H,3,12-14H2,1-2H3,(H,33,35)/t18?,26?,28-/m0/s1. The molecule has 0 aliphatic carbocycles. The molecule has 1 aliphatic heterocycles. The Labute approximate surface area is 244 Å². The fraction of sp³-hybridized carbons (Fsp3) is 0.321. The van der Waals surface area contributed by atoms with Gasteiger partial charge in [-0.25, -0.2) is 8.42 Å². The lowest BCUT2D eigenvalue weighted by Crippen LogP contribution is -2.57. The maximum Gasteiger partial charge on any atom is 0.244 e. The molecule has 0 spiro atoms. The van der Waals surface area contributed by atoms with Gasteiger partial charge >= 0.3 is 0 Å². The molecule has 1 heterocycles. The summed E-state index contributed by atoms with van der Waals surface area (Å²) in [5.74, 6) is -0.451. The molecule has 1 aliphatic rings. The molecule has 0 aromatic heterocycles. The fourth-order valence-corrected chi connectivity index (χ4v) is 7.77. The first kappa shape index (κ1) is 29.2. The number of benzene rings is 3. The molecule has 38 heavy (non-hydrogen) atoms. The summed E-state index contributed by atoms with van der Waals surface area (Å²) in [6.45, 7) is 3.82. The molecule has 1 N–H and O–H groups in total. The third-order valence-corrected chi connectivity index (χ3v) is 10.1. The minimum Gasteiger partial charge on any atom is -0.351 e. The number of halogens is 4. The molecule has 0 radical (unpaired) electrons. The van der Waals surface area contributed by atoms with E-state index < -0.39 is 15.6 Å². The first-order valence-electron chi connectivity index (χ1n) is 12.2. The van der Waals surface area contributed by atoms with Gasteiger partial charge in [0.25, 0.3) is 0 Å². The van der Waals surface area contributed by atoms with Gasteiger partial charge in [-0.05, 0) is 86.7 Å². The van der Waals surface area contributed by atoms with Crippen molar-refractivity contribution in [3.05, 3.63) is 97.9 Å². The Bertz CT molecular complexity index is 1390. The van der Waals surface area contributed by atoms with Crippen LogP contribution in [0.2, 0.25) is 20.1 Å². The number of carbonyl (C=O) groups is 1. The zero-order valence-electron chi connectivity index (χ0n) is 20.9. The van der Waals surface area contributed by atoms with Gasteiger partial charge in [0.15, 0.2) is 0 Å². The highest BCUT2D eigenvalue weighted by molar-refractivity contribution is 7.89. The molecule has 10 heteroatoms. The van der Waals surface area contributed by atoms with Gasteiger partial charge in [0, 0.05) is 38.6 Å². The molecule has 0 saturated carbocycles. The smallest absolute Gasteiger partial charge is 0.244 e. The number of sulfonamides is 1. The Morgan fingerprint density at radius 3 is 2.05 bits per heavy atom. The van der Waals surface area contributed by atoms with E-state index in [1.807, 2.05) is 55.5 Å². The maximum atomic E-state index is 13.8. The average Bonchev–Trinajstić information content (AvgIpc) is 3.27. The van der Waals surface area contributed by atoms with E-state index >= 15 is 0 Å². The number of nitrogens with zero attached hydrogens (tertiary/aromatic N) is 1. The zero-order chi connectivity index (χ0) is 27.7. The van der Waals surface area contributed by atoms with E-state index in [0.29, 0.717) is 29.3 Å². The number of nitrogens with one attached hydrogen (secondary N) is 1. The molecule has 4 rings (SSSR count). The molecular formula is C28H28Cl4N2O3S. The predicted octanol–water partition coefficient (Wildman–Crippen LogP) is 7.37. The summed E-state index contributed by atoms with van der Waals surface area (Å²) in [6, 6.07) is 19.0. The Balaban J connectivity index is 1.60. The molecule has 3 aromatic rings. The van der Waals surface area contributed by atoms with E-state index in [1.165, 1.54) is 22.5 Å². The topological polar surface area (TPSA) is 66.5 Å². The van der Waals surface area contributed by atoms with Crippen molar-refractivity contribution in [1.29, 1.82) is 0 Å². The second-order valence-electron chi connectivity index (χ2n) is 9.81. The van der Waals surface area contributed by atoms with E-state index in [2.05, 4.69) is 5.32 Å². The summed E-state index contributed by atoms with van der Waals surface area (Å²) in [4.78, 5) is 13.7. The molecule has 1 fully saturated rings. The molecule has 1 saturated heterocycles. The van der Waals surface area contributed by atoms with Crippen LogP contribution in [0.1, 0.15) is 43.7 Å². The van der Waals surface area contributed by atoms with Crippen molar-refractivity contribution in [3.8, 4) is 0 Å². The highest BCUT2D eigenvalue weighted by Gasteiger charge is 2.50. The van der Waals surface area contributed by atoms with Gasteiger partial charge in [0.05, 0.1) is 4.90 Å². The second-order valence-corrected chi connectivity index (χ2v) is 13.4. The van der Waals surface area contributed by atoms with Crippen LogP contribution in [0, 0.1) is 0 Å². The highest BCUT2D eigenvalue weighted by Crippen LogP contribution is 2.37. The van der Waals surface area contributed by atoms with Crippen molar-refractivity contribution in [2.45, 2.75) is 55.5 Å². The number of amides is 1. The van der Waals surface area contributed by atoms with Gasteiger partial charge < -0.3 is 5.32 Å². The van der Waals surface area contributed by atoms with Gasteiger partial charge in [-0.1, -0.05) is 70.7 Å². The van der Waals surface area contributed by atoms with Crippen LogP contribution in [0.15, 0.2) is 71.6 Å². The van der Waals surface area contributed by atoms with Gasteiger partial charge in [-0.2, -0.15) is 4.31 Å². The molecule has 5 nitrogen and oxygen atoms in total. The third-order valence-electron chi connectivity index (χ3n) is 7.12. The fourth-order valence-electron chi connectivity index (χ4n) is 4.99. The second kappa shape index (κ2) is 11.7. The lowest BCUT2D eigenvalue weighted by molar-refractivity contribution is -0.129. The highest BCUT2D eigenvalue weighted by atomic mass is 35.5.